The molecule has 3 aromatic rings. The van der Waals surface area contributed by atoms with E-state index in [0.29, 0.717) is 0 Å². The van der Waals surface area contributed by atoms with E-state index in [1.54, 1.807) is 12.4 Å². The molecule has 0 bridgehead atoms. The van der Waals surface area contributed by atoms with Gasteiger partial charge in [-0.1, -0.05) is 35.9 Å². The summed E-state index contributed by atoms with van der Waals surface area (Å²) < 4.78 is 37.8. The van der Waals surface area contributed by atoms with Crippen LogP contribution in [0.15, 0.2) is 54.9 Å². The largest absolute Gasteiger partial charge is 0.416 e. The molecule has 0 unspecified atom stereocenters. The first-order valence-electron chi connectivity index (χ1n) is 6.47. The monoisotopic (exact) mass is 287 g/mol. The normalized spacial score (nSPS) is 11.8. The summed E-state index contributed by atoms with van der Waals surface area (Å²) in [5, 5.41) is 1.96. The van der Waals surface area contributed by atoms with Crippen molar-refractivity contribution in [2.24, 2.45) is 0 Å². The summed E-state index contributed by atoms with van der Waals surface area (Å²) in [5.41, 5.74) is 2.02. The lowest BCUT2D eigenvalue weighted by Crippen LogP contribution is -2.04. The minimum absolute atomic E-state index is 0.643. The second-order valence-corrected chi connectivity index (χ2v) is 4.99. The van der Waals surface area contributed by atoms with E-state index in [1.807, 2.05) is 25.1 Å². The molecule has 1 aromatic heterocycles. The molecule has 0 saturated heterocycles. The van der Waals surface area contributed by atoms with Gasteiger partial charge in [-0.15, -0.1) is 0 Å². The van der Waals surface area contributed by atoms with Crippen LogP contribution in [0.3, 0.4) is 0 Å². The number of rotatable bonds is 1. The van der Waals surface area contributed by atoms with Crippen molar-refractivity contribution in [3.63, 3.8) is 0 Å². The lowest BCUT2D eigenvalue weighted by molar-refractivity contribution is -0.137. The Morgan fingerprint density at radius 3 is 2.29 bits per heavy atom. The van der Waals surface area contributed by atoms with Gasteiger partial charge in [0.1, 0.15) is 0 Å². The van der Waals surface area contributed by atoms with Crippen molar-refractivity contribution < 1.29 is 13.2 Å². The molecular formula is C17H12F3N. The fourth-order valence-corrected chi connectivity index (χ4v) is 2.35. The van der Waals surface area contributed by atoms with Gasteiger partial charge in [-0.25, -0.2) is 0 Å². The Hall–Kier alpha value is -2.36. The Balaban J connectivity index is 2.14. The molecule has 0 spiro atoms. The third-order valence-corrected chi connectivity index (χ3v) is 3.44. The third kappa shape index (κ3) is 2.61. The molecule has 1 nitrogen and oxygen atoms in total. The summed E-state index contributed by atoms with van der Waals surface area (Å²) in [7, 11) is 0. The molecule has 0 radical (unpaired) electrons. The highest BCUT2D eigenvalue weighted by Crippen LogP contribution is 2.33. The van der Waals surface area contributed by atoms with E-state index in [-0.39, 0.29) is 0 Å². The molecule has 0 atom stereocenters. The molecule has 4 heteroatoms. The van der Waals surface area contributed by atoms with Gasteiger partial charge in [0.2, 0.25) is 0 Å². The summed E-state index contributed by atoms with van der Waals surface area (Å²) in [6, 6.07) is 11.1. The molecule has 21 heavy (non-hydrogen) atoms. The van der Waals surface area contributed by atoms with Crippen LogP contribution in [0.5, 0.6) is 0 Å². The Morgan fingerprint density at radius 2 is 1.62 bits per heavy atom. The summed E-state index contributed by atoms with van der Waals surface area (Å²) in [6.45, 7) is 1.98. The first kappa shape index (κ1) is 13.6. The lowest BCUT2D eigenvalue weighted by Gasteiger charge is -2.10. The van der Waals surface area contributed by atoms with Gasteiger partial charge in [0.25, 0.3) is 0 Å². The fourth-order valence-electron chi connectivity index (χ4n) is 2.35. The number of aromatic nitrogens is 1. The quantitative estimate of drug-likeness (QED) is 0.597. The van der Waals surface area contributed by atoms with Gasteiger partial charge in [0.05, 0.1) is 5.56 Å². The number of benzene rings is 2. The molecule has 106 valence electrons. The van der Waals surface area contributed by atoms with Crippen molar-refractivity contribution in [1.29, 1.82) is 0 Å². The summed E-state index contributed by atoms with van der Waals surface area (Å²) in [6.07, 6.45) is -0.876. The van der Waals surface area contributed by atoms with Crippen molar-refractivity contribution in [1.82, 2.24) is 4.98 Å². The van der Waals surface area contributed by atoms with Crippen LogP contribution in [0.1, 0.15) is 11.1 Å². The van der Waals surface area contributed by atoms with Gasteiger partial charge < -0.3 is 0 Å². The SMILES string of the molecule is Cc1ccc2cncc(-c3ccc(C(F)(F)F)cc3)c2c1. The zero-order chi connectivity index (χ0) is 15.0. The maximum absolute atomic E-state index is 12.6. The van der Waals surface area contributed by atoms with Crippen LogP contribution in [0.4, 0.5) is 13.2 Å². The molecule has 0 amide bonds. The molecule has 0 aliphatic rings. The fraction of sp³-hybridized carbons (Fsp3) is 0.118. The summed E-state index contributed by atoms with van der Waals surface area (Å²) in [4.78, 5) is 4.17. The maximum Gasteiger partial charge on any atom is 0.416 e. The summed E-state index contributed by atoms with van der Waals surface area (Å²) >= 11 is 0. The summed E-state index contributed by atoms with van der Waals surface area (Å²) in [5.74, 6) is 0. The minimum atomic E-state index is -4.31. The van der Waals surface area contributed by atoms with E-state index in [0.717, 1.165) is 39.6 Å². The van der Waals surface area contributed by atoms with E-state index in [9.17, 15) is 13.2 Å². The van der Waals surface area contributed by atoms with Crippen molar-refractivity contribution >= 4 is 10.8 Å². The molecule has 0 fully saturated rings. The number of halogens is 3. The average Bonchev–Trinajstić information content (AvgIpc) is 2.46. The molecule has 3 rings (SSSR count). The standard InChI is InChI=1S/C17H12F3N/c1-11-2-3-13-9-21-10-16(15(13)8-11)12-4-6-14(7-5-12)17(18,19)20/h2-10H,1H3. The van der Waals surface area contributed by atoms with Crippen LogP contribution >= 0.6 is 0 Å². The van der Waals surface area contributed by atoms with E-state index >= 15 is 0 Å². The lowest BCUT2D eigenvalue weighted by atomic mass is 9.98. The Labute approximate surface area is 120 Å². The zero-order valence-electron chi connectivity index (χ0n) is 11.3. The van der Waals surface area contributed by atoms with Crippen LogP contribution in [-0.2, 0) is 6.18 Å². The number of pyridine rings is 1. The van der Waals surface area contributed by atoms with Gasteiger partial charge in [0, 0.05) is 23.3 Å². The Bertz CT molecular complexity index is 789. The van der Waals surface area contributed by atoms with Crippen LogP contribution in [0.25, 0.3) is 21.9 Å². The molecule has 0 N–H and O–H groups in total. The first-order valence-corrected chi connectivity index (χ1v) is 6.47. The smallest absolute Gasteiger partial charge is 0.263 e. The molecule has 0 saturated carbocycles. The highest BCUT2D eigenvalue weighted by molar-refractivity contribution is 5.96. The number of fused-ring (bicyclic) bond motifs is 1. The average molecular weight is 287 g/mol. The second kappa shape index (κ2) is 4.88. The second-order valence-electron chi connectivity index (χ2n) is 4.99. The number of aryl methyl sites for hydroxylation is 1. The van der Waals surface area contributed by atoms with E-state index < -0.39 is 11.7 Å². The molecule has 1 heterocycles. The minimum Gasteiger partial charge on any atom is -0.263 e. The van der Waals surface area contributed by atoms with Gasteiger partial charge in [-0.05, 0) is 30.0 Å². The van der Waals surface area contributed by atoms with Gasteiger partial charge in [-0.2, -0.15) is 13.2 Å². The van der Waals surface area contributed by atoms with E-state index in [2.05, 4.69) is 4.98 Å². The first-order chi connectivity index (χ1) is 9.95. The molecule has 2 aromatic carbocycles. The van der Waals surface area contributed by atoms with Crippen molar-refractivity contribution in [3.8, 4) is 11.1 Å². The number of hydrogen-bond donors (Lipinski definition) is 0. The van der Waals surface area contributed by atoms with Crippen molar-refractivity contribution in [3.05, 3.63) is 66.0 Å². The van der Waals surface area contributed by atoms with E-state index in [4.69, 9.17) is 0 Å². The topological polar surface area (TPSA) is 12.9 Å². The number of nitrogens with zero attached hydrogens (tertiary/aromatic N) is 1. The maximum atomic E-state index is 12.6. The van der Waals surface area contributed by atoms with Gasteiger partial charge >= 0.3 is 6.18 Å². The van der Waals surface area contributed by atoms with Crippen LogP contribution in [-0.4, -0.2) is 4.98 Å². The van der Waals surface area contributed by atoms with E-state index in [1.165, 1.54) is 12.1 Å². The number of alkyl halides is 3. The van der Waals surface area contributed by atoms with Crippen LogP contribution in [0.2, 0.25) is 0 Å². The molecular weight excluding hydrogens is 275 g/mol. The highest BCUT2D eigenvalue weighted by Gasteiger charge is 2.30. The highest BCUT2D eigenvalue weighted by atomic mass is 19.4. The zero-order valence-corrected chi connectivity index (χ0v) is 11.3. The predicted molar refractivity (Wildman–Crippen MR) is 76.9 cm³/mol. The number of hydrogen-bond acceptors (Lipinski definition) is 1. The van der Waals surface area contributed by atoms with Gasteiger partial charge in [0.15, 0.2) is 0 Å². The third-order valence-electron chi connectivity index (χ3n) is 3.44. The Kier molecular flexibility index (Phi) is 3.16. The molecule has 0 aliphatic heterocycles. The predicted octanol–water partition coefficient (Wildman–Crippen LogP) is 5.23. The van der Waals surface area contributed by atoms with Gasteiger partial charge in [-0.3, -0.25) is 4.98 Å². The van der Waals surface area contributed by atoms with Crippen molar-refractivity contribution in [2.75, 3.05) is 0 Å². The Morgan fingerprint density at radius 1 is 0.905 bits per heavy atom. The molecule has 0 aliphatic carbocycles. The van der Waals surface area contributed by atoms with Crippen LogP contribution in [0, 0.1) is 6.92 Å². The van der Waals surface area contributed by atoms with Crippen molar-refractivity contribution in [2.45, 2.75) is 13.1 Å². The van der Waals surface area contributed by atoms with Crippen LogP contribution < -0.4 is 0 Å².